The number of aliphatic hydroxyl groups is 1. The van der Waals surface area contributed by atoms with Gasteiger partial charge in [-0.15, -0.1) is 5.06 Å². The molecule has 126 valence electrons. The van der Waals surface area contributed by atoms with Gasteiger partial charge in [-0.3, -0.25) is 0 Å². The number of aliphatic hydroxyl groups excluding tert-OH is 1. The molecule has 3 N–H and O–H groups in total. The predicted molar refractivity (Wildman–Crippen MR) is 90.6 cm³/mol. The highest BCUT2D eigenvalue weighted by molar-refractivity contribution is 5.76. The molecule has 0 amide bonds. The number of benzene rings is 2. The summed E-state index contributed by atoms with van der Waals surface area (Å²) in [4.78, 5) is 17.8. The molecule has 0 unspecified atom stereocenters. The molecule has 1 aliphatic heterocycles. The van der Waals surface area contributed by atoms with Crippen LogP contribution in [0.25, 0.3) is 0 Å². The smallest absolute Gasteiger partial charge is 0.358 e. The van der Waals surface area contributed by atoms with E-state index in [2.05, 4.69) is 0 Å². The summed E-state index contributed by atoms with van der Waals surface area (Å²) >= 11 is 0. The van der Waals surface area contributed by atoms with Crippen LogP contribution >= 0.6 is 0 Å². The highest BCUT2D eigenvalue weighted by Crippen LogP contribution is 2.31. The van der Waals surface area contributed by atoms with Crippen LogP contribution in [0.15, 0.2) is 60.7 Å². The summed E-state index contributed by atoms with van der Waals surface area (Å²) in [6.07, 6.45) is 0.411. The molecule has 0 aliphatic carbocycles. The largest absolute Gasteiger partial charge is 0.377 e. The number of nitrogens with two attached hydrogens (primary N) is 1. The summed E-state index contributed by atoms with van der Waals surface area (Å²) in [6, 6.07) is 18.2. The molecule has 2 aromatic rings. The number of nitrogens with zero attached hydrogens (tertiary/aromatic N) is 1. The average molecular weight is 326 g/mol. The molecule has 1 heterocycles. The zero-order chi connectivity index (χ0) is 16.9. The molecule has 24 heavy (non-hydrogen) atoms. The predicted octanol–water partition coefficient (Wildman–Crippen LogP) is 2.34. The fourth-order valence-electron chi connectivity index (χ4n) is 3.10. The molecule has 5 nitrogen and oxygen atoms in total. The summed E-state index contributed by atoms with van der Waals surface area (Å²) in [5.74, 6) is -0.684. The summed E-state index contributed by atoms with van der Waals surface area (Å²) in [5, 5.41) is 11.8. The Morgan fingerprint density at radius 1 is 1.12 bits per heavy atom. The molecule has 0 aromatic heterocycles. The van der Waals surface area contributed by atoms with E-state index in [1.165, 1.54) is 0 Å². The van der Waals surface area contributed by atoms with E-state index in [0.717, 1.165) is 18.4 Å². The van der Waals surface area contributed by atoms with Crippen molar-refractivity contribution in [3.63, 3.8) is 0 Å². The van der Waals surface area contributed by atoms with Crippen LogP contribution in [0.4, 0.5) is 0 Å². The Hall–Kier alpha value is -2.21. The van der Waals surface area contributed by atoms with Gasteiger partial charge in [-0.05, 0) is 24.0 Å². The van der Waals surface area contributed by atoms with Gasteiger partial charge >= 0.3 is 5.97 Å². The second-order valence-corrected chi connectivity index (χ2v) is 6.03. The molecule has 3 atom stereocenters. The van der Waals surface area contributed by atoms with Gasteiger partial charge in [0.15, 0.2) is 6.10 Å². The Balaban J connectivity index is 1.75. The SMILES string of the molecule is N[C@@H]1CCCN(OC(=O)[C@H](O)c2ccccc2)[C@@H]1c1ccccc1. The molecule has 3 rings (SSSR count). The molecule has 1 fully saturated rings. The topological polar surface area (TPSA) is 75.8 Å². The van der Waals surface area contributed by atoms with Crippen molar-refractivity contribution in [1.29, 1.82) is 0 Å². The third-order valence-electron chi connectivity index (χ3n) is 4.32. The van der Waals surface area contributed by atoms with Crippen molar-refractivity contribution in [3.05, 3.63) is 71.8 Å². The number of piperidine rings is 1. The van der Waals surface area contributed by atoms with Crippen LogP contribution in [0.5, 0.6) is 0 Å². The van der Waals surface area contributed by atoms with Gasteiger partial charge in [0, 0.05) is 12.6 Å². The van der Waals surface area contributed by atoms with Gasteiger partial charge in [0.1, 0.15) is 0 Å². The first-order valence-electron chi connectivity index (χ1n) is 8.19. The molecular weight excluding hydrogens is 304 g/mol. The monoisotopic (exact) mass is 326 g/mol. The minimum atomic E-state index is -1.30. The lowest BCUT2D eigenvalue weighted by atomic mass is 9.93. The van der Waals surface area contributed by atoms with Crippen molar-refractivity contribution in [2.24, 2.45) is 5.73 Å². The van der Waals surface area contributed by atoms with E-state index in [0.29, 0.717) is 12.1 Å². The number of hydroxylamine groups is 2. The minimum absolute atomic E-state index is 0.122. The fraction of sp³-hybridized carbons (Fsp3) is 0.316. The van der Waals surface area contributed by atoms with Gasteiger partial charge in [0.05, 0.1) is 6.04 Å². The minimum Gasteiger partial charge on any atom is -0.377 e. The number of hydrogen-bond acceptors (Lipinski definition) is 5. The first-order chi connectivity index (χ1) is 11.7. The molecule has 2 aromatic carbocycles. The summed E-state index contributed by atoms with van der Waals surface area (Å²) in [5.41, 5.74) is 7.79. The van der Waals surface area contributed by atoms with Crippen LogP contribution in [-0.4, -0.2) is 28.7 Å². The number of rotatable bonds is 4. The molecule has 5 heteroatoms. The third kappa shape index (κ3) is 3.64. The van der Waals surface area contributed by atoms with E-state index in [1.807, 2.05) is 36.4 Å². The first kappa shape index (κ1) is 16.6. The van der Waals surface area contributed by atoms with E-state index >= 15 is 0 Å². The van der Waals surface area contributed by atoms with E-state index in [9.17, 15) is 9.90 Å². The summed E-state index contributed by atoms with van der Waals surface area (Å²) < 4.78 is 0. The quantitative estimate of drug-likeness (QED) is 0.902. The lowest BCUT2D eigenvalue weighted by Crippen LogP contribution is -2.47. The zero-order valence-electron chi connectivity index (χ0n) is 13.4. The van der Waals surface area contributed by atoms with Crippen molar-refractivity contribution in [3.8, 4) is 0 Å². The van der Waals surface area contributed by atoms with Crippen LogP contribution < -0.4 is 5.73 Å². The van der Waals surface area contributed by atoms with Crippen molar-refractivity contribution in [1.82, 2.24) is 5.06 Å². The second-order valence-electron chi connectivity index (χ2n) is 6.03. The number of carbonyl (C=O) groups is 1. The molecule has 1 saturated heterocycles. The Kier molecular flexibility index (Phi) is 5.25. The molecule has 0 bridgehead atoms. The lowest BCUT2D eigenvalue weighted by molar-refractivity contribution is -0.220. The molecular formula is C19H22N2O3. The Labute approximate surface area is 141 Å². The van der Waals surface area contributed by atoms with E-state index in [-0.39, 0.29) is 12.1 Å². The Bertz CT molecular complexity index is 663. The first-order valence-corrected chi connectivity index (χ1v) is 8.19. The standard InChI is InChI=1S/C19H22N2O3/c20-16-12-7-13-21(17(16)14-8-3-1-4-9-14)24-19(23)18(22)15-10-5-2-6-11-15/h1-6,8-11,16-18,22H,7,12-13,20H2/t16-,17-,18-/m1/s1. The summed E-state index contributed by atoms with van der Waals surface area (Å²) in [6.45, 7) is 0.598. The van der Waals surface area contributed by atoms with Gasteiger partial charge in [-0.25, -0.2) is 4.79 Å². The van der Waals surface area contributed by atoms with Crippen molar-refractivity contribution in [2.75, 3.05) is 6.54 Å². The lowest BCUT2D eigenvalue weighted by Gasteiger charge is -2.38. The third-order valence-corrected chi connectivity index (χ3v) is 4.32. The van der Waals surface area contributed by atoms with E-state index in [1.54, 1.807) is 29.3 Å². The molecule has 0 saturated carbocycles. The van der Waals surface area contributed by atoms with Crippen LogP contribution in [0, 0.1) is 0 Å². The van der Waals surface area contributed by atoms with Gasteiger partial charge < -0.3 is 15.7 Å². The Morgan fingerprint density at radius 2 is 1.75 bits per heavy atom. The zero-order valence-corrected chi connectivity index (χ0v) is 13.4. The van der Waals surface area contributed by atoms with Gasteiger partial charge in [-0.1, -0.05) is 60.7 Å². The van der Waals surface area contributed by atoms with Crippen LogP contribution in [0.3, 0.4) is 0 Å². The van der Waals surface area contributed by atoms with Gasteiger partial charge in [-0.2, -0.15) is 0 Å². The van der Waals surface area contributed by atoms with Crippen molar-refractivity contribution >= 4 is 5.97 Å². The van der Waals surface area contributed by atoms with Crippen LogP contribution in [-0.2, 0) is 9.63 Å². The van der Waals surface area contributed by atoms with E-state index in [4.69, 9.17) is 10.6 Å². The molecule has 0 spiro atoms. The average Bonchev–Trinajstić information content (AvgIpc) is 2.62. The highest BCUT2D eigenvalue weighted by atomic mass is 16.7. The van der Waals surface area contributed by atoms with Crippen molar-refractivity contribution < 1.29 is 14.7 Å². The maximum atomic E-state index is 12.3. The van der Waals surface area contributed by atoms with Crippen molar-refractivity contribution in [2.45, 2.75) is 31.0 Å². The maximum absolute atomic E-state index is 12.3. The normalized spacial score (nSPS) is 22.8. The Morgan fingerprint density at radius 3 is 2.42 bits per heavy atom. The maximum Gasteiger partial charge on any atom is 0.358 e. The highest BCUT2D eigenvalue weighted by Gasteiger charge is 2.34. The number of hydrogen-bond donors (Lipinski definition) is 2. The van der Waals surface area contributed by atoms with Crippen LogP contribution in [0.2, 0.25) is 0 Å². The fourth-order valence-corrected chi connectivity index (χ4v) is 3.10. The van der Waals surface area contributed by atoms with Gasteiger partial charge in [0.2, 0.25) is 0 Å². The second kappa shape index (κ2) is 7.57. The molecule has 1 aliphatic rings. The van der Waals surface area contributed by atoms with Crippen LogP contribution in [0.1, 0.15) is 36.1 Å². The number of carbonyl (C=O) groups excluding carboxylic acids is 1. The molecule has 0 radical (unpaired) electrons. The van der Waals surface area contributed by atoms with E-state index < -0.39 is 12.1 Å². The van der Waals surface area contributed by atoms with Gasteiger partial charge in [0.25, 0.3) is 0 Å². The summed E-state index contributed by atoms with van der Waals surface area (Å²) in [7, 11) is 0.